The number of hydrogen-bond donors (Lipinski definition) is 0. The van der Waals surface area contributed by atoms with E-state index in [9.17, 15) is 0 Å². The molecule has 1 aliphatic carbocycles. The van der Waals surface area contributed by atoms with Gasteiger partial charge < -0.3 is 4.74 Å². The predicted octanol–water partition coefficient (Wildman–Crippen LogP) is 10.4. The number of rotatable bonds is 0. The Kier molecular flexibility index (Phi) is 4.62. The Labute approximate surface area is 217 Å². The number of hydrogen-bond acceptors (Lipinski definition) is 1. The van der Waals surface area contributed by atoms with Gasteiger partial charge in [0.25, 0.3) is 0 Å². The molecule has 4 aromatic carbocycles. The fourth-order valence-corrected chi connectivity index (χ4v) is 8.54. The number of aryl methyl sites for hydroxylation is 1. The summed E-state index contributed by atoms with van der Waals surface area (Å²) in [5, 5.41) is 4.74. The highest BCUT2D eigenvalue weighted by molar-refractivity contribution is 9.11. The normalized spacial score (nSPS) is 13.9. The van der Waals surface area contributed by atoms with Crippen molar-refractivity contribution in [1.29, 1.82) is 0 Å². The Morgan fingerprint density at radius 3 is 1.83 bits per heavy atom. The molecule has 0 atom stereocenters. The summed E-state index contributed by atoms with van der Waals surface area (Å²) in [7, 11) is 0. The summed E-state index contributed by atoms with van der Waals surface area (Å²) >= 11 is 22.7. The third-order valence-electron chi connectivity index (χ3n) is 5.75. The molecular weight excluding hydrogens is 760 g/mol. The standard InChI is InChI=1S/C22H8Br6O/c23-11-3-10-14(26)6-16(28)21-19(10)18-8(11)2-1-7-12(24)5-13(25)9-4-15(27)22(29-21)20(18)17(7)9/h3-6H,1-2H2. The van der Waals surface area contributed by atoms with Gasteiger partial charge in [-0.2, -0.15) is 0 Å². The summed E-state index contributed by atoms with van der Waals surface area (Å²) in [5.41, 5.74) is 5.08. The highest BCUT2D eigenvalue weighted by Gasteiger charge is 2.33. The average Bonchev–Trinajstić information content (AvgIpc) is 2.85. The Morgan fingerprint density at radius 2 is 1.07 bits per heavy atom. The molecule has 0 radical (unpaired) electrons. The minimum absolute atomic E-state index is 0.872. The molecule has 0 saturated heterocycles. The summed E-state index contributed by atoms with van der Waals surface area (Å²) in [6, 6.07) is 8.58. The van der Waals surface area contributed by atoms with Gasteiger partial charge in [0.15, 0.2) is 0 Å². The molecule has 0 bridgehead atoms. The van der Waals surface area contributed by atoms with E-state index in [0.717, 1.165) is 61.9 Å². The van der Waals surface area contributed by atoms with Gasteiger partial charge in [0, 0.05) is 39.8 Å². The van der Waals surface area contributed by atoms with Gasteiger partial charge in [0.1, 0.15) is 11.5 Å². The molecule has 1 aliphatic heterocycles. The van der Waals surface area contributed by atoms with Crippen molar-refractivity contribution in [3.05, 3.63) is 62.2 Å². The third-order valence-corrected chi connectivity index (χ3v) is 9.65. The van der Waals surface area contributed by atoms with Crippen LogP contribution >= 0.6 is 95.6 Å². The molecule has 7 heteroatoms. The lowest BCUT2D eigenvalue weighted by molar-refractivity contribution is 0.481. The molecule has 0 spiro atoms. The molecule has 144 valence electrons. The lowest BCUT2D eigenvalue weighted by Crippen LogP contribution is -2.03. The molecular formula is C22H8Br6O. The summed E-state index contributed by atoms with van der Waals surface area (Å²) in [4.78, 5) is 0. The van der Waals surface area contributed by atoms with Crippen molar-refractivity contribution in [3.8, 4) is 22.6 Å². The minimum atomic E-state index is 0.872. The largest absolute Gasteiger partial charge is 0.454 e. The SMILES string of the molecule is Brc1cc2c(Br)cc(Br)c3c2c2c1CCc1c(Br)cc(Br)c4cc(Br)c(c-2c14)O3. The first-order valence-electron chi connectivity index (χ1n) is 8.81. The monoisotopic (exact) mass is 762 g/mol. The van der Waals surface area contributed by atoms with Gasteiger partial charge >= 0.3 is 0 Å². The van der Waals surface area contributed by atoms with E-state index in [2.05, 4.69) is 120 Å². The molecule has 6 rings (SSSR count). The molecule has 0 saturated carbocycles. The van der Waals surface area contributed by atoms with Crippen LogP contribution in [-0.2, 0) is 12.8 Å². The van der Waals surface area contributed by atoms with Crippen LogP contribution in [0.5, 0.6) is 11.5 Å². The van der Waals surface area contributed by atoms with Crippen molar-refractivity contribution in [2.24, 2.45) is 0 Å². The number of ether oxygens (including phenoxy) is 1. The van der Waals surface area contributed by atoms with Crippen LogP contribution in [0.1, 0.15) is 11.1 Å². The van der Waals surface area contributed by atoms with E-state index in [4.69, 9.17) is 4.74 Å². The second-order valence-electron chi connectivity index (χ2n) is 7.21. The van der Waals surface area contributed by atoms with E-state index in [1.807, 2.05) is 0 Å². The topological polar surface area (TPSA) is 9.23 Å². The maximum absolute atomic E-state index is 6.57. The van der Waals surface area contributed by atoms with Gasteiger partial charge in [-0.05, 0) is 90.9 Å². The second-order valence-corrected chi connectivity index (χ2v) is 12.3. The fraction of sp³-hybridized carbons (Fsp3) is 0.0909. The van der Waals surface area contributed by atoms with Gasteiger partial charge in [-0.25, -0.2) is 0 Å². The first-order chi connectivity index (χ1) is 13.9. The Bertz CT molecular complexity index is 1440. The van der Waals surface area contributed by atoms with Crippen LogP contribution in [0.25, 0.3) is 32.7 Å². The lowest BCUT2D eigenvalue weighted by Gasteiger charge is -2.27. The van der Waals surface area contributed by atoms with Gasteiger partial charge in [-0.3, -0.25) is 0 Å². The Balaban J connectivity index is 1.97. The van der Waals surface area contributed by atoms with Crippen molar-refractivity contribution in [1.82, 2.24) is 0 Å². The number of benzene rings is 4. The summed E-state index contributed by atoms with van der Waals surface area (Å²) in [6.07, 6.45) is 1.91. The molecule has 2 aliphatic rings. The van der Waals surface area contributed by atoms with E-state index in [1.165, 1.54) is 33.0 Å². The number of halogens is 6. The van der Waals surface area contributed by atoms with Crippen LogP contribution in [0.15, 0.2) is 51.1 Å². The fourth-order valence-electron chi connectivity index (χ4n) is 4.57. The highest BCUT2D eigenvalue weighted by atomic mass is 79.9. The average molecular weight is 768 g/mol. The zero-order valence-corrected chi connectivity index (χ0v) is 23.9. The zero-order chi connectivity index (χ0) is 20.2. The molecule has 0 N–H and O–H groups in total. The molecule has 1 nitrogen and oxygen atoms in total. The Hall–Kier alpha value is 0.0800. The van der Waals surface area contributed by atoms with Gasteiger partial charge in [-0.1, -0.05) is 63.7 Å². The third kappa shape index (κ3) is 2.64. The van der Waals surface area contributed by atoms with Crippen LogP contribution in [0.3, 0.4) is 0 Å². The van der Waals surface area contributed by atoms with Crippen LogP contribution in [-0.4, -0.2) is 0 Å². The van der Waals surface area contributed by atoms with Gasteiger partial charge in [-0.15, -0.1) is 0 Å². The van der Waals surface area contributed by atoms with Crippen LogP contribution in [0, 0.1) is 0 Å². The van der Waals surface area contributed by atoms with E-state index < -0.39 is 0 Å². The van der Waals surface area contributed by atoms with Crippen molar-refractivity contribution in [3.63, 3.8) is 0 Å². The maximum atomic E-state index is 6.57. The quantitative estimate of drug-likeness (QED) is 0.153. The van der Waals surface area contributed by atoms with Crippen LogP contribution in [0.4, 0.5) is 0 Å². The minimum Gasteiger partial charge on any atom is -0.454 e. The van der Waals surface area contributed by atoms with E-state index >= 15 is 0 Å². The smallest absolute Gasteiger partial charge is 0.150 e. The van der Waals surface area contributed by atoms with Crippen LogP contribution < -0.4 is 4.74 Å². The highest BCUT2D eigenvalue weighted by Crippen LogP contribution is 2.59. The summed E-state index contributed by atoms with van der Waals surface area (Å²) in [5.74, 6) is 1.75. The van der Waals surface area contributed by atoms with Crippen LogP contribution in [0.2, 0.25) is 0 Å². The van der Waals surface area contributed by atoms with Gasteiger partial charge in [0.05, 0.1) is 8.95 Å². The van der Waals surface area contributed by atoms with E-state index in [0.29, 0.717) is 0 Å². The molecule has 29 heavy (non-hydrogen) atoms. The maximum Gasteiger partial charge on any atom is 0.150 e. The molecule has 0 amide bonds. The van der Waals surface area contributed by atoms with E-state index in [1.54, 1.807) is 0 Å². The second kappa shape index (κ2) is 6.79. The predicted molar refractivity (Wildman–Crippen MR) is 141 cm³/mol. The molecule has 0 aromatic heterocycles. The van der Waals surface area contributed by atoms with Crippen molar-refractivity contribution in [2.45, 2.75) is 12.8 Å². The van der Waals surface area contributed by atoms with E-state index in [-0.39, 0.29) is 0 Å². The lowest BCUT2D eigenvalue weighted by atomic mass is 9.88. The molecule has 4 aromatic rings. The van der Waals surface area contributed by atoms with Crippen molar-refractivity contribution < 1.29 is 4.74 Å². The first-order valence-corrected chi connectivity index (χ1v) is 13.6. The molecule has 0 unspecified atom stereocenters. The first kappa shape index (κ1) is 19.7. The van der Waals surface area contributed by atoms with Crippen molar-refractivity contribution in [2.75, 3.05) is 0 Å². The zero-order valence-electron chi connectivity index (χ0n) is 14.4. The molecule has 0 fully saturated rings. The van der Waals surface area contributed by atoms with Gasteiger partial charge in [0.2, 0.25) is 0 Å². The molecule has 1 heterocycles. The summed E-state index contributed by atoms with van der Waals surface area (Å²) in [6.45, 7) is 0. The summed E-state index contributed by atoms with van der Waals surface area (Å²) < 4.78 is 12.9. The van der Waals surface area contributed by atoms with Crippen molar-refractivity contribution >= 4 is 117 Å². The Morgan fingerprint density at radius 1 is 0.517 bits per heavy atom.